The van der Waals surface area contributed by atoms with Gasteiger partial charge in [-0.25, -0.2) is 4.57 Å². The predicted octanol–water partition coefficient (Wildman–Crippen LogP) is 4.48. The summed E-state index contributed by atoms with van der Waals surface area (Å²) < 4.78 is 17.2. The number of hydrogen-bond acceptors (Lipinski definition) is 2. The number of rotatable bonds is 5. The van der Waals surface area contributed by atoms with Gasteiger partial charge in [0, 0.05) is 0 Å². The van der Waals surface area contributed by atoms with E-state index >= 15 is 0 Å². The number of allylic oxidation sites excluding steroid dienone is 1. The molecule has 0 spiro atoms. The Labute approximate surface area is 114 Å². The second-order valence-electron chi connectivity index (χ2n) is 5.07. The standard InChI is InChI=1S/C15H21O3P/c1-2-12-19(16,17)18-15-11-7-6-10-14(15)13-8-4-3-5-9-13/h2,6-7,10-11,13H,1,3-5,8-9,12H2,(H,16,17). The van der Waals surface area contributed by atoms with Crippen LogP contribution in [-0.4, -0.2) is 11.1 Å². The molecule has 1 fully saturated rings. The van der Waals surface area contributed by atoms with Gasteiger partial charge in [0.25, 0.3) is 0 Å². The maximum absolute atomic E-state index is 11.9. The molecule has 4 heteroatoms. The van der Waals surface area contributed by atoms with E-state index in [4.69, 9.17) is 4.52 Å². The van der Waals surface area contributed by atoms with Crippen molar-refractivity contribution in [3.05, 3.63) is 42.5 Å². The minimum atomic E-state index is -3.61. The summed E-state index contributed by atoms with van der Waals surface area (Å²) in [5.74, 6) is 1.01. The molecule has 0 bridgehead atoms. The molecule has 0 saturated heterocycles. The third kappa shape index (κ3) is 3.95. The minimum absolute atomic E-state index is 0.0218. The van der Waals surface area contributed by atoms with Gasteiger partial charge >= 0.3 is 7.60 Å². The fourth-order valence-corrected chi connectivity index (χ4v) is 3.54. The van der Waals surface area contributed by atoms with Gasteiger partial charge < -0.3 is 9.42 Å². The monoisotopic (exact) mass is 280 g/mol. The van der Waals surface area contributed by atoms with E-state index in [-0.39, 0.29) is 6.16 Å². The van der Waals surface area contributed by atoms with Crippen molar-refractivity contribution in [2.75, 3.05) is 6.16 Å². The van der Waals surface area contributed by atoms with Gasteiger partial charge in [-0.3, -0.25) is 0 Å². The first-order valence-corrected chi connectivity index (χ1v) is 8.60. The Bertz CT molecular complexity index is 478. The third-order valence-corrected chi connectivity index (χ3v) is 4.77. The molecule has 3 nitrogen and oxygen atoms in total. The molecule has 1 aromatic rings. The summed E-state index contributed by atoms with van der Waals surface area (Å²) in [5.41, 5.74) is 1.07. The van der Waals surface area contributed by atoms with Crippen molar-refractivity contribution in [3.63, 3.8) is 0 Å². The van der Waals surface area contributed by atoms with E-state index < -0.39 is 7.60 Å². The highest BCUT2D eigenvalue weighted by Gasteiger charge is 2.24. The van der Waals surface area contributed by atoms with Crippen LogP contribution < -0.4 is 4.52 Å². The lowest BCUT2D eigenvalue weighted by molar-refractivity contribution is 0.375. The van der Waals surface area contributed by atoms with E-state index in [1.165, 1.54) is 25.3 Å². The van der Waals surface area contributed by atoms with Crippen molar-refractivity contribution in [1.29, 1.82) is 0 Å². The second-order valence-corrected chi connectivity index (χ2v) is 6.90. The maximum atomic E-state index is 11.9. The fourth-order valence-electron chi connectivity index (χ4n) is 2.67. The zero-order valence-electron chi connectivity index (χ0n) is 11.1. The Balaban J connectivity index is 2.20. The van der Waals surface area contributed by atoms with Crippen molar-refractivity contribution in [2.45, 2.75) is 38.0 Å². The summed E-state index contributed by atoms with van der Waals surface area (Å²) >= 11 is 0. The van der Waals surface area contributed by atoms with Crippen LogP contribution in [0.25, 0.3) is 0 Å². The van der Waals surface area contributed by atoms with Crippen LogP contribution in [0.2, 0.25) is 0 Å². The molecule has 104 valence electrons. The first kappa shape index (κ1) is 14.4. The lowest BCUT2D eigenvalue weighted by Crippen LogP contribution is -2.07. The van der Waals surface area contributed by atoms with Crippen molar-refractivity contribution >= 4 is 7.60 Å². The molecule has 0 amide bonds. The van der Waals surface area contributed by atoms with Crippen LogP contribution in [0.15, 0.2) is 36.9 Å². The summed E-state index contributed by atoms with van der Waals surface area (Å²) in [4.78, 5) is 9.75. The molecule has 1 N–H and O–H groups in total. The molecule has 1 saturated carbocycles. The molecule has 1 aliphatic rings. The number of para-hydroxylation sites is 1. The first-order valence-electron chi connectivity index (χ1n) is 6.83. The van der Waals surface area contributed by atoms with Gasteiger partial charge in [-0.05, 0) is 30.4 Å². The van der Waals surface area contributed by atoms with Crippen LogP contribution in [0, 0.1) is 0 Å². The zero-order valence-corrected chi connectivity index (χ0v) is 12.0. The van der Waals surface area contributed by atoms with E-state index in [1.807, 2.05) is 18.2 Å². The van der Waals surface area contributed by atoms with Gasteiger partial charge in [-0.2, -0.15) is 0 Å². The van der Waals surface area contributed by atoms with Crippen molar-refractivity contribution in [1.82, 2.24) is 0 Å². The lowest BCUT2D eigenvalue weighted by atomic mass is 9.84. The zero-order chi connectivity index (χ0) is 13.7. The molecular formula is C15H21O3P. The Morgan fingerprint density at radius 2 is 2.00 bits per heavy atom. The highest BCUT2D eigenvalue weighted by atomic mass is 31.2. The topological polar surface area (TPSA) is 46.5 Å². The van der Waals surface area contributed by atoms with Crippen LogP contribution in [-0.2, 0) is 4.57 Å². The normalized spacial score (nSPS) is 19.6. The summed E-state index contributed by atoms with van der Waals surface area (Å²) in [5, 5.41) is 0. The van der Waals surface area contributed by atoms with Crippen molar-refractivity contribution in [3.8, 4) is 5.75 Å². The Hall–Kier alpha value is -1.05. The maximum Gasteiger partial charge on any atom is 0.380 e. The molecule has 0 aromatic heterocycles. The first-order chi connectivity index (χ1) is 9.12. The molecule has 0 heterocycles. The van der Waals surface area contributed by atoms with Gasteiger partial charge in [0.1, 0.15) is 5.75 Å². The SMILES string of the molecule is C=CCP(=O)(O)Oc1ccccc1C1CCCCC1. The average molecular weight is 280 g/mol. The van der Waals surface area contributed by atoms with Crippen LogP contribution in [0.1, 0.15) is 43.6 Å². The Morgan fingerprint density at radius 1 is 1.32 bits per heavy atom. The average Bonchev–Trinajstić information content (AvgIpc) is 2.40. The van der Waals surface area contributed by atoms with Gasteiger partial charge in [-0.1, -0.05) is 43.5 Å². The van der Waals surface area contributed by atoms with Gasteiger partial charge in [0.15, 0.2) is 0 Å². The minimum Gasteiger partial charge on any atom is -0.424 e. The summed E-state index contributed by atoms with van der Waals surface area (Å²) in [6.45, 7) is 3.49. The van der Waals surface area contributed by atoms with E-state index in [1.54, 1.807) is 6.07 Å². The summed E-state index contributed by atoms with van der Waals surface area (Å²) in [7, 11) is -3.61. The fraction of sp³-hybridized carbons (Fsp3) is 0.467. The lowest BCUT2D eigenvalue weighted by Gasteiger charge is -2.24. The summed E-state index contributed by atoms with van der Waals surface area (Å²) in [6, 6.07) is 7.61. The van der Waals surface area contributed by atoms with Crippen LogP contribution >= 0.6 is 7.60 Å². The van der Waals surface area contributed by atoms with Crippen LogP contribution in [0.4, 0.5) is 0 Å². The Kier molecular flexibility index (Phi) is 4.84. The number of benzene rings is 1. The molecule has 1 unspecified atom stereocenters. The van der Waals surface area contributed by atoms with Crippen LogP contribution in [0.3, 0.4) is 0 Å². The number of hydrogen-bond donors (Lipinski definition) is 1. The molecular weight excluding hydrogens is 259 g/mol. The quantitative estimate of drug-likeness (QED) is 0.638. The predicted molar refractivity (Wildman–Crippen MR) is 77.8 cm³/mol. The second kappa shape index (κ2) is 6.40. The molecule has 0 radical (unpaired) electrons. The highest BCUT2D eigenvalue weighted by Crippen LogP contribution is 2.46. The van der Waals surface area contributed by atoms with Gasteiger partial charge in [0.05, 0.1) is 6.16 Å². The van der Waals surface area contributed by atoms with E-state index in [9.17, 15) is 9.46 Å². The molecule has 1 aromatic carbocycles. The van der Waals surface area contributed by atoms with Crippen molar-refractivity contribution in [2.24, 2.45) is 0 Å². The van der Waals surface area contributed by atoms with E-state index in [0.717, 1.165) is 18.4 Å². The van der Waals surface area contributed by atoms with E-state index in [2.05, 4.69) is 6.58 Å². The van der Waals surface area contributed by atoms with Crippen LogP contribution in [0.5, 0.6) is 5.75 Å². The largest absolute Gasteiger partial charge is 0.424 e. The highest BCUT2D eigenvalue weighted by molar-refractivity contribution is 7.53. The third-order valence-electron chi connectivity index (χ3n) is 3.56. The van der Waals surface area contributed by atoms with Crippen molar-refractivity contribution < 1.29 is 14.0 Å². The summed E-state index contributed by atoms with van der Waals surface area (Å²) in [6.07, 6.45) is 7.41. The smallest absolute Gasteiger partial charge is 0.380 e. The van der Waals surface area contributed by atoms with Gasteiger partial charge in [0.2, 0.25) is 0 Å². The van der Waals surface area contributed by atoms with E-state index in [0.29, 0.717) is 11.7 Å². The molecule has 1 atom stereocenters. The molecule has 2 rings (SSSR count). The molecule has 19 heavy (non-hydrogen) atoms. The molecule has 1 aliphatic carbocycles. The Morgan fingerprint density at radius 3 is 2.68 bits per heavy atom. The molecule has 0 aliphatic heterocycles. The van der Waals surface area contributed by atoms with Gasteiger partial charge in [-0.15, -0.1) is 6.58 Å².